The van der Waals surface area contributed by atoms with Crippen LogP contribution in [0.3, 0.4) is 0 Å². The molecular formula is C13H16O5. The molecule has 0 aromatic heterocycles. The van der Waals surface area contributed by atoms with Crippen molar-refractivity contribution in [1.29, 1.82) is 0 Å². The molecule has 1 rings (SSSR count). The summed E-state index contributed by atoms with van der Waals surface area (Å²) < 4.78 is 9.87. The van der Waals surface area contributed by atoms with Crippen molar-refractivity contribution in [3.8, 4) is 5.75 Å². The van der Waals surface area contributed by atoms with Gasteiger partial charge in [0, 0.05) is 0 Å². The topological polar surface area (TPSA) is 72.8 Å². The predicted molar refractivity (Wildman–Crippen MR) is 64.5 cm³/mol. The Morgan fingerprint density at radius 3 is 2.56 bits per heavy atom. The molecule has 18 heavy (non-hydrogen) atoms. The van der Waals surface area contributed by atoms with E-state index in [1.165, 1.54) is 7.11 Å². The highest BCUT2D eigenvalue weighted by atomic mass is 16.5. The van der Waals surface area contributed by atoms with E-state index < -0.39 is 17.9 Å². The minimum atomic E-state index is -1.21. The van der Waals surface area contributed by atoms with Gasteiger partial charge in [-0.1, -0.05) is 18.2 Å². The molecule has 0 amide bonds. The largest absolute Gasteiger partial charge is 0.496 e. The fraction of sp³-hybridized carbons (Fsp3) is 0.385. The molecule has 1 N–H and O–H groups in total. The SMILES string of the molecule is CCOC(=O)C(Cc1ccccc1OC)C(=O)O. The maximum atomic E-state index is 11.5. The first-order chi connectivity index (χ1) is 8.60. The van der Waals surface area contributed by atoms with E-state index in [4.69, 9.17) is 14.6 Å². The molecule has 0 heterocycles. The van der Waals surface area contributed by atoms with Gasteiger partial charge in [0.2, 0.25) is 0 Å². The molecule has 5 nitrogen and oxygen atoms in total. The molecule has 0 bridgehead atoms. The maximum absolute atomic E-state index is 11.5. The number of para-hydroxylation sites is 1. The van der Waals surface area contributed by atoms with Gasteiger partial charge in [-0.3, -0.25) is 9.59 Å². The molecule has 1 unspecified atom stereocenters. The van der Waals surface area contributed by atoms with Crippen LogP contribution in [-0.2, 0) is 20.7 Å². The van der Waals surface area contributed by atoms with Gasteiger partial charge in [-0.2, -0.15) is 0 Å². The van der Waals surface area contributed by atoms with Gasteiger partial charge in [0.1, 0.15) is 5.75 Å². The van der Waals surface area contributed by atoms with Gasteiger partial charge in [-0.25, -0.2) is 0 Å². The van der Waals surface area contributed by atoms with Crippen LogP contribution in [0, 0.1) is 5.92 Å². The fourth-order valence-electron chi connectivity index (χ4n) is 1.61. The lowest BCUT2D eigenvalue weighted by Gasteiger charge is -2.13. The zero-order valence-electron chi connectivity index (χ0n) is 10.4. The van der Waals surface area contributed by atoms with Crippen LogP contribution < -0.4 is 4.74 Å². The summed E-state index contributed by atoms with van der Waals surface area (Å²) in [6.45, 7) is 1.80. The van der Waals surface area contributed by atoms with Crippen LogP contribution in [0.15, 0.2) is 24.3 Å². The zero-order chi connectivity index (χ0) is 13.5. The Labute approximate surface area is 105 Å². The standard InChI is InChI=1S/C13H16O5/c1-3-18-13(16)10(12(14)15)8-9-6-4-5-7-11(9)17-2/h4-7,10H,3,8H2,1-2H3,(H,14,15). The summed E-state index contributed by atoms with van der Waals surface area (Å²) in [5, 5.41) is 9.05. The van der Waals surface area contributed by atoms with Gasteiger partial charge in [0.25, 0.3) is 0 Å². The summed E-state index contributed by atoms with van der Waals surface area (Å²) in [4.78, 5) is 22.6. The quantitative estimate of drug-likeness (QED) is 0.613. The van der Waals surface area contributed by atoms with Crippen molar-refractivity contribution in [2.75, 3.05) is 13.7 Å². The number of ether oxygens (including phenoxy) is 2. The Balaban J connectivity index is 2.90. The molecule has 1 aromatic carbocycles. The van der Waals surface area contributed by atoms with Gasteiger partial charge in [0.15, 0.2) is 5.92 Å². The molecule has 0 saturated carbocycles. The van der Waals surface area contributed by atoms with Crippen molar-refractivity contribution < 1.29 is 24.2 Å². The van der Waals surface area contributed by atoms with Crippen molar-refractivity contribution in [2.45, 2.75) is 13.3 Å². The van der Waals surface area contributed by atoms with Crippen LogP contribution in [0.5, 0.6) is 5.75 Å². The van der Waals surface area contributed by atoms with Crippen molar-refractivity contribution >= 4 is 11.9 Å². The molecule has 1 aromatic rings. The predicted octanol–water partition coefficient (Wildman–Crippen LogP) is 1.50. The highest BCUT2D eigenvalue weighted by Gasteiger charge is 2.28. The van der Waals surface area contributed by atoms with Crippen LogP contribution in [-0.4, -0.2) is 30.8 Å². The van der Waals surface area contributed by atoms with Crippen LogP contribution >= 0.6 is 0 Å². The molecule has 0 spiro atoms. The number of carbonyl (C=O) groups excluding carboxylic acids is 1. The molecule has 98 valence electrons. The number of carboxylic acids is 1. The second-order valence-electron chi connectivity index (χ2n) is 3.66. The fourth-order valence-corrected chi connectivity index (χ4v) is 1.61. The lowest BCUT2D eigenvalue weighted by atomic mass is 9.99. The highest BCUT2D eigenvalue weighted by Crippen LogP contribution is 2.21. The van der Waals surface area contributed by atoms with Crippen molar-refractivity contribution in [3.05, 3.63) is 29.8 Å². The van der Waals surface area contributed by atoms with E-state index in [1.807, 2.05) is 0 Å². The van der Waals surface area contributed by atoms with Gasteiger partial charge >= 0.3 is 11.9 Å². The lowest BCUT2D eigenvalue weighted by molar-refractivity contribution is -0.158. The first kappa shape index (κ1) is 14.0. The number of benzene rings is 1. The number of hydrogen-bond donors (Lipinski definition) is 1. The average molecular weight is 252 g/mol. The Morgan fingerprint density at radius 1 is 1.33 bits per heavy atom. The van der Waals surface area contributed by atoms with E-state index in [1.54, 1.807) is 31.2 Å². The van der Waals surface area contributed by atoms with Crippen molar-refractivity contribution in [1.82, 2.24) is 0 Å². The lowest BCUT2D eigenvalue weighted by Crippen LogP contribution is -2.28. The van der Waals surface area contributed by atoms with Crippen LogP contribution in [0.25, 0.3) is 0 Å². The van der Waals surface area contributed by atoms with Gasteiger partial charge in [0.05, 0.1) is 13.7 Å². The molecule has 0 radical (unpaired) electrons. The minimum Gasteiger partial charge on any atom is -0.496 e. The molecule has 0 saturated heterocycles. The first-order valence-electron chi connectivity index (χ1n) is 5.61. The highest BCUT2D eigenvalue weighted by molar-refractivity contribution is 5.94. The number of carbonyl (C=O) groups is 2. The second kappa shape index (κ2) is 6.64. The van der Waals surface area contributed by atoms with Crippen molar-refractivity contribution in [2.24, 2.45) is 5.92 Å². The normalized spacial score (nSPS) is 11.7. The molecule has 0 aliphatic carbocycles. The Hall–Kier alpha value is -2.04. The van der Waals surface area contributed by atoms with E-state index in [9.17, 15) is 9.59 Å². The second-order valence-corrected chi connectivity index (χ2v) is 3.66. The summed E-state index contributed by atoms with van der Waals surface area (Å²) in [7, 11) is 1.50. The summed E-state index contributed by atoms with van der Waals surface area (Å²) in [6, 6.07) is 7.00. The van der Waals surface area contributed by atoms with E-state index in [0.717, 1.165) is 0 Å². The average Bonchev–Trinajstić information content (AvgIpc) is 2.36. The number of esters is 1. The molecular weight excluding hydrogens is 236 g/mol. The third-order valence-corrected chi connectivity index (χ3v) is 2.49. The Kier molecular flexibility index (Phi) is 5.17. The van der Waals surface area contributed by atoms with Crippen molar-refractivity contribution in [3.63, 3.8) is 0 Å². The monoisotopic (exact) mass is 252 g/mol. The smallest absolute Gasteiger partial charge is 0.320 e. The number of aliphatic carboxylic acids is 1. The number of rotatable bonds is 6. The van der Waals surface area contributed by atoms with Crippen LogP contribution in [0.1, 0.15) is 12.5 Å². The number of hydrogen-bond acceptors (Lipinski definition) is 4. The first-order valence-corrected chi connectivity index (χ1v) is 5.61. The minimum absolute atomic E-state index is 0.0537. The summed E-state index contributed by atoms with van der Waals surface area (Å²) in [6.07, 6.45) is 0.0537. The Morgan fingerprint density at radius 2 is 2.00 bits per heavy atom. The molecule has 5 heteroatoms. The van der Waals surface area contributed by atoms with Gasteiger partial charge < -0.3 is 14.6 Å². The summed E-state index contributed by atoms with van der Waals surface area (Å²) in [5.41, 5.74) is 0.667. The number of methoxy groups -OCH3 is 1. The van der Waals surface area contributed by atoms with E-state index in [0.29, 0.717) is 11.3 Å². The summed E-state index contributed by atoms with van der Waals surface area (Å²) >= 11 is 0. The molecule has 0 aliphatic heterocycles. The van der Waals surface area contributed by atoms with E-state index in [-0.39, 0.29) is 13.0 Å². The van der Waals surface area contributed by atoms with Crippen LogP contribution in [0.2, 0.25) is 0 Å². The molecule has 0 aliphatic rings. The summed E-state index contributed by atoms with van der Waals surface area (Å²) in [5.74, 6) is -2.57. The van der Waals surface area contributed by atoms with Gasteiger partial charge in [-0.15, -0.1) is 0 Å². The third-order valence-electron chi connectivity index (χ3n) is 2.49. The van der Waals surface area contributed by atoms with E-state index >= 15 is 0 Å². The maximum Gasteiger partial charge on any atom is 0.320 e. The van der Waals surface area contributed by atoms with Crippen LogP contribution in [0.4, 0.5) is 0 Å². The zero-order valence-corrected chi connectivity index (χ0v) is 10.4. The third kappa shape index (κ3) is 3.48. The molecule has 1 atom stereocenters. The van der Waals surface area contributed by atoms with E-state index in [2.05, 4.69) is 0 Å². The Bertz CT molecular complexity index is 427. The van der Waals surface area contributed by atoms with Gasteiger partial charge in [-0.05, 0) is 25.0 Å². The number of carboxylic acid groups (broad SMARTS) is 1. The molecule has 0 fully saturated rings.